The number of nitrogens with zero attached hydrogens (tertiary/aromatic N) is 1. The summed E-state index contributed by atoms with van der Waals surface area (Å²) in [6, 6.07) is 0. The van der Waals surface area contributed by atoms with Gasteiger partial charge in [0, 0.05) is 9.89 Å². The minimum absolute atomic E-state index is 0.0135. The van der Waals surface area contributed by atoms with E-state index in [-0.39, 0.29) is 16.1 Å². The highest BCUT2D eigenvalue weighted by Gasteiger charge is 2.38. The summed E-state index contributed by atoms with van der Waals surface area (Å²) in [7, 11) is 0. The lowest BCUT2D eigenvalue weighted by Crippen LogP contribution is -2.23. The van der Waals surface area contributed by atoms with Gasteiger partial charge in [0.05, 0.1) is 13.2 Å². The molecule has 6 heteroatoms. The van der Waals surface area contributed by atoms with Crippen LogP contribution in [-0.2, 0) is 9.47 Å². The first kappa shape index (κ1) is 19.2. The first-order valence-electron chi connectivity index (χ1n) is 7.78. The highest BCUT2D eigenvalue weighted by atomic mass is 79.9. The Morgan fingerprint density at radius 2 is 2.09 bits per heavy atom. The van der Waals surface area contributed by atoms with Gasteiger partial charge in [0.15, 0.2) is 11.5 Å². The maximum atomic E-state index is 11.7. The van der Waals surface area contributed by atoms with E-state index < -0.39 is 5.97 Å². The zero-order chi connectivity index (χ0) is 16.9. The molecule has 0 radical (unpaired) electrons. The molecule has 22 heavy (non-hydrogen) atoms. The van der Waals surface area contributed by atoms with E-state index in [9.17, 15) is 4.79 Å². The molecule has 1 aliphatic heterocycles. The second-order valence-electron chi connectivity index (χ2n) is 5.56. The highest BCUT2D eigenvalue weighted by molar-refractivity contribution is 9.10. The van der Waals surface area contributed by atoms with Gasteiger partial charge in [-0.25, -0.2) is 4.79 Å². The smallest absolute Gasteiger partial charge is 0.360 e. The molecule has 1 aliphatic rings. The molecule has 0 spiro atoms. The lowest BCUT2D eigenvalue weighted by Gasteiger charge is -2.22. The van der Waals surface area contributed by atoms with Gasteiger partial charge < -0.3 is 14.0 Å². The molecule has 1 aromatic heterocycles. The summed E-state index contributed by atoms with van der Waals surface area (Å²) in [4.78, 5) is 11.7. The molecule has 2 rings (SSSR count). The van der Waals surface area contributed by atoms with Crippen molar-refractivity contribution >= 4 is 21.9 Å². The van der Waals surface area contributed by atoms with E-state index in [4.69, 9.17) is 14.0 Å². The summed E-state index contributed by atoms with van der Waals surface area (Å²) in [6.45, 7) is 12.8. The van der Waals surface area contributed by atoms with Gasteiger partial charge in [-0.2, -0.15) is 0 Å². The van der Waals surface area contributed by atoms with Crippen LogP contribution in [0.5, 0.6) is 0 Å². The van der Waals surface area contributed by atoms with Crippen LogP contribution in [0.15, 0.2) is 4.52 Å². The van der Waals surface area contributed by atoms with E-state index in [1.54, 1.807) is 6.92 Å². The fourth-order valence-corrected chi connectivity index (χ4v) is 2.65. The Morgan fingerprint density at radius 1 is 1.45 bits per heavy atom. The molecule has 0 amide bonds. The van der Waals surface area contributed by atoms with E-state index >= 15 is 0 Å². The Bertz CT molecular complexity index is 493. The second-order valence-corrected chi connectivity index (χ2v) is 7.60. The van der Waals surface area contributed by atoms with Crippen molar-refractivity contribution in [2.75, 3.05) is 13.2 Å². The molecule has 2 heterocycles. The molecule has 2 unspecified atom stereocenters. The average molecular weight is 376 g/mol. The summed E-state index contributed by atoms with van der Waals surface area (Å²) >= 11 is 3.67. The monoisotopic (exact) mass is 375 g/mol. The molecule has 0 aliphatic carbocycles. The van der Waals surface area contributed by atoms with Gasteiger partial charge in [-0.15, -0.1) is 0 Å². The number of carbonyl (C=O) groups is 1. The normalized spacial score (nSPS) is 21.2. The molecule has 0 N–H and O–H groups in total. The molecule has 0 aromatic carbocycles. The number of alkyl halides is 1. The highest BCUT2D eigenvalue weighted by Crippen LogP contribution is 2.42. The third-order valence-corrected chi connectivity index (χ3v) is 4.34. The summed E-state index contributed by atoms with van der Waals surface area (Å²) in [6.07, 6.45) is 0.698. The van der Waals surface area contributed by atoms with Gasteiger partial charge >= 0.3 is 5.97 Å². The van der Waals surface area contributed by atoms with Crippen LogP contribution in [0.4, 0.5) is 0 Å². The lowest BCUT2D eigenvalue weighted by atomic mass is 9.92. The quantitative estimate of drug-likeness (QED) is 0.574. The van der Waals surface area contributed by atoms with Gasteiger partial charge in [-0.1, -0.05) is 34.9 Å². The minimum atomic E-state index is -0.449. The summed E-state index contributed by atoms with van der Waals surface area (Å²) in [5, 5.41) is 3.82. The molecule has 2 atom stereocenters. The van der Waals surface area contributed by atoms with Crippen LogP contribution in [0, 0.1) is 12.8 Å². The fraction of sp³-hybridized carbons (Fsp3) is 0.750. The Kier molecular flexibility index (Phi) is 7.06. The topological polar surface area (TPSA) is 61.6 Å². The van der Waals surface area contributed by atoms with E-state index in [2.05, 4.69) is 34.9 Å². The third kappa shape index (κ3) is 4.32. The maximum Gasteiger partial charge on any atom is 0.360 e. The molecule has 5 nitrogen and oxygen atoms in total. The second kappa shape index (κ2) is 8.11. The van der Waals surface area contributed by atoms with Crippen LogP contribution in [0.25, 0.3) is 0 Å². The Labute approximate surface area is 140 Å². The van der Waals surface area contributed by atoms with Crippen LogP contribution in [-0.4, -0.2) is 28.7 Å². The maximum absolute atomic E-state index is 11.7. The van der Waals surface area contributed by atoms with Crippen molar-refractivity contribution in [1.82, 2.24) is 5.16 Å². The lowest BCUT2D eigenvalue weighted by molar-refractivity contribution is 0.0512. The zero-order valence-electron chi connectivity index (χ0n) is 14.2. The van der Waals surface area contributed by atoms with E-state index in [1.807, 2.05) is 20.8 Å². The molecule has 1 saturated heterocycles. The molecule has 1 fully saturated rings. The molecule has 0 saturated carbocycles. The Morgan fingerprint density at radius 3 is 2.59 bits per heavy atom. The van der Waals surface area contributed by atoms with Crippen LogP contribution < -0.4 is 0 Å². The van der Waals surface area contributed by atoms with Crippen molar-refractivity contribution in [2.45, 2.75) is 58.4 Å². The predicted octanol–water partition coefficient (Wildman–Crippen LogP) is 4.44. The van der Waals surface area contributed by atoms with Crippen LogP contribution in [0.2, 0.25) is 0 Å². The first-order valence-corrected chi connectivity index (χ1v) is 8.57. The molecular formula is C16H26BrNO4. The van der Waals surface area contributed by atoms with Crippen LogP contribution >= 0.6 is 15.9 Å². The van der Waals surface area contributed by atoms with E-state index in [0.29, 0.717) is 30.5 Å². The molecule has 1 aromatic rings. The minimum Gasteiger partial charge on any atom is -0.461 e. The molecule has 0 bridgehead atoms. The van der Waals surface area contributed by atoms with Gasteiger partial charge in [0.25, 0.3) is 0 Å². The van der Waals surface area contributed by atoms with Crippen molar-refractivity contribution in [3.8, 4) is 0 Å². The van der Waals surface area contributed by atoms with Gasteiger partial charge in [0.1, 0.15) is 6.10 Å². The zero-order valence-corrected chi connectivity index (χ0v) is 15.8. The van der Waals surface area contributed by atoms with Crippen molar-refractivity contribution in [2.24, 2.45) is 5.92 Å². The van der Waals surface area contributed by atoms with Gasteiger partial charge in [-0.3, -0.25) is 0 Å². The van der Waals surface area contributed by atoms with Crippen LogP contribution in [0.1, 0.15) is 69.0 Å². The largest absolute Gasteiger partial charge is 0.461 e. The number of esters is 1. The number of halogens is 1. The van der Waals surface area contributed by atoms with E-state index in [1.165, 1.54) is 0 Å². The number of hydrogen-bond acceptors (Lipinski definition) is 5. The first-order chi connectivity index (χ1) is 10.3. The number of rotatable bonds is 4. The Hall–Kier alpha value is -0.880. The average Bonchev–Trinajstić information content (AvgIpc) is 3.07. The van der Waals surface area contributed by atoms with Crippen molar-refractivity contribution in [3.63, 3.8) is 0 Å². The standard InChI is InChI=1S/C14H20BrNO4.C2H6/c1-5-18-13(17)11-8(2)12(20-16-11)10-6-9(7-19-10)14(3,4)15;1-2/h9-10H,5-7H2,1-4H3;1-2H3. The predicted molar refractivity (Wildman–Crippen MR) is 88.4 cm³/mol. The van der Waals surface area contributed by atoms with Crippen LogP contribution in [0.3, 0.4) is 0 Å². The number of carbonyl (C=O) groups excluding carboxylic acids is 1. The SMILES string of the molecule is CC.CCOC(=O)c1noc(C2CC(C(C)(C)Br)CO2)c1C. The summed E-state index contributed by atoms with van der Waals surface area (Å²) in [5.74, 6) is 0.575. The van der Waals surface area contributed by atoms with Gasteiger partial charge in [-0.05, 0) is 40.0 Å². The Balaban J connectivity index is 0.00000116. The number of ether oxygens (including phenoxy) is 2. The van der Waals surface area contributed by atoms with Crippen molar-refractivity contribution in [1.29, 1.82) is 0 Å². The molecular weight excluding hydrogens is 350 g/mol. The number of aromatic nitrogens is 1. The third-order valence-electron chi connectivity index (χ3n) is 3.69. The van der Waals surface area contributed by atoms with Crippen molar-refractivity contribution in [3.05, 3.63) is 17.0 Å². The fourth-order valence-electron chi connectivity index (χ4n) is 2.33. The van der Waals surface area contributed by atoms with Crippen molar-refractivity contribution < 1.29 is 18.8 Å². The molecule has 126 valence electrons. The van der Waals surface area contributed by atoms with E-state index in [0.717, 1.165) is 6.42 Å². The number of hydrogen-bond donors (Lipinski definition) is 0. The van der Waals surface area contributed by atoms with Gasteiger partial charge in [0.2, 0.25) is 0 Å². The summed E-state index contributed by atoms with van der Waals surface area (Å²) < 4.78 is 16.1. The summed E-state index contributed by atoms with van der Waals surface area (Å²) in [5.41, 5.74) is 0.952.